The minimum Gasteiger partial charge on any atom is -0.371 e. The van der Waals surface area contributed by atoms with Crippen LogP contribution in [0.25, 0.3) is 22.4 Å². The van der Waals surface area contributed by atoms with E-state index in [1.54, 1.807) is 12.3 Å². The highest BCUT2D eigenvalue weighted by Gasteiger charge is 2.48. The number of benzene rings is 2. The minimum atomic E-state index is -0.261. The Morgan fingerprint density at radius 3 is 2.38 bits per heavy atom. The van der Waals surface area contributed by atoms with Crippen LogP contribution in [0.1, 0.15) is 0 Å². The van der Waals surface area contributed by atoms with Crippen LogP contribution in [0.15, 0.2) is 79.5 Å². The summed E-state index contributed by atoms with van der Waals surface area (Å²) >= 11 is 0. The first-order valence-electron chi connectivity index (χ1n) is 11.3. The van der Waals surface area contributed by atoms with E-state index in [1.807, 2.05) is 24.3 Å². The number of amides is 2. The third-order valence-electron chi connectivity index (χ3n) is 6.03. The Hall–Kier alpha value is -3.75. The highest BCUT2D eigenvalue weighted by Crippen LogP contribution is 2.29. The summed E-state index contributed by atoms with van der Waals surface area (Å²) in [5.41, 5.74) is 4.18. The number of nitrogens with one attached hydrogen (secondary N) is 3. The van der Waals surface area contributed by atoms with Gasteiger partial charge in [0.25, 0.3) is 0 Å². The van der Waals surface area contributed by atoms with Gasteiger partial charge in [0, 0.05) is 18.3 Å². The zero-order valence-electron chi connectivity index (χ0n) is 18.7. The maximum Gasteiger partial charge on any atom is 0.315 e. The molecule has 3 aromatic rings. The molecule has 2 fully saturated rings. The van der Waals surface area contributed by atoms with Crippen molar-refractivity contribution in [2.24, 2.45) is 0 Å². The number of hydrogen-bond donors (Lipinski definition) is 3. The Morgan fingerprint density at radius 1 is 0.941 bits per heavy atom. The Bertz CT molecular complexity index is 1140. The summed E-state index contributed by atoms with van der Waals surface area (Å²) < 4.78 is 11.9. The molecule has 3 N–H and O–H groups in total. The number of carbonyl (C=O) groups excluding carboxylic acids is 1. The topological polar surface area (TPSA) is 97.4 Å². The molecule has 2 aliphatic rings. The van der Waals surface area contributed by atoms with Crippen LogP contribution < -0.4 is 16.0 Å². The standard InChI is InChI=1S/C26H27N5O3/c1-2-13-28-26(32)31-22-16-34-23-21(15-33-24(22)23)30-25-27-14-12-20(29-25)19-10-8-18(9-11-19)17-6-4-3-5-7-17/h2-12,14,21-24H,1,13,15-16H2,(H,27,29,30)(H2,28,31,32)/t21-,22+,23-,24+/m0/s1. The predicted octanol–water partition coefficient (Wildman–Crippen LogP) is 3.24. The molecule has 8 heteroatoms. The summed E-state index contributed by atoms with van der Waals surface area (Å²) in [6.45, 7) is 4.84. The lowest BCUT2D eigenvalue weighted by atomic mass is 10.0. The van der Waals surface area contributed by atoms with Crippen LogP contribution in [0, 0.1) is 0 Å². The van der Waals surface area contributed by atoms with Gasteiger partial charge in [-0.25, -0.2) is 14.8 Å². The summed E-state index contributed by atoms with van der Waals surface area (Å²) in [4.78, 5) is 21.1. The van der Waals surface area contributed by atoms with Crippen LogP contribution in [-0.4, -0.2) is 60.0 Å². The van der Waals surface area contributed by atoms with E-state index >= 15 is 0 Å². The van der Waals surface area contributed by atoms with Crippen LogP contribution in [0.2, 0.25) is 0 Å². The summed E-state index contributed by atoms with van der Waals surface area (Å²) in [6, 6.07) is 19.9. The van der Waals surface area contributed by atoms with Gasteiger partial charge in [0.05, 0.1) is 31.0 Å². The zero-order chi connectivity index (χ0) is 23.3. The molecule has 0 spiro atoms. The van der Waals surface area contributed by atoms with E-state index in [2.05, 4.69) is 63.9 Å². The van der Waals surface area contributed by atoms with E-state index < -0.39 is 0 Å². The lowest BCUT2D eigenvalue weighted by Crippen LogP contribution is -2.48. The molecule has 4 atom stereocenters. The summed E-state index contributed by atoms with van der Waals surface area (Å²) in [7, 11) is 0. The second-order valence-electron chi connectivity index (χ2n) is 8.31. The van der Waals surface area contributed by atoms with Gasteiger partial charge in [-0.3, -0.25) is 0 Å². The van der Waals surface area contributed by atoms with Crippen LogP contribution in [0.4, 0.5) is 10.7 Å². The first kappa shape index (κ1) is 22.1. The van der Waals surface area contributed by atoms with Crippen LogP contribution in [-0.2, 0) is 9.47 Å². The molecule has 2 saturated heterocycles. The van der Waals surface area contributed by atoms with Crippen molar-refractivity contribution >= 4 is 12.0 Å². The molecule has 2 aromatic carbocycles. The smallest absolute Gasteiger partial charge is 0.315 e. The summed E-state index contributed by atoms with van der Waals surface area (Å²) in [5, 5.41) is 8.97. The molecule has 1 aromatic heterocycles. The Labute approximate surface area is 198 Å². The first-order chi connectivity index (χ1) is 16.7. The van der Waals surface area contributed by atoms with Crippen LogP contribution in [0.5, 0.6) is 0 Å². The second kappa shape index (κ2) is 10.0. The normalized spacial score (nSPS) is 23.2. The number of anilines is 1. The lowest BCUT2D eigenvalue weighted by Gasteiger charge is -2.18. The zero-order valence-corrected chi connectivity index (χ0v) is 18.7. The van der Waals surface area contributed by atoms with Crippen molar-refractivity contribution in [3.63, 3.8) is 0 Å². The number of carbonyl (C=O) groups is 1. The fourth-order valence-corrected chi connectivity index (χ4v) is 4.35. The van der Waals surface area contributed by atoms with Crippen molar-refractivity contribution in [1.82, 2.24) is 20.6 Å². The molecule has 3 heterocycles. The SMILES string of the molecule is C=CCNC(=O)N[C@@H]1CO[C@@H]2[C@@H]1OC[C@@H]2Nc1nccc(-c2ccc(-c3ccccc3)cc2)n1. The van der Waals surface area contributed by atoms with Gasteiger partial charge in [-0.2, -0.15) is 0 Å². The predicted molar refractivity (Wildman–Crippen MR) is 130 cm³/mol. The van der Waals surface area contributed by atoms with Crippen LogP contribution >= 0.6 is 0 Å². The van der Waals surface area contributed by atoms with E-state index in [-0.39, 0.29) is 30.3 Å². The van der Waals surface area contributed by atoms with Gasteiger partial charge in [0.15, 0.2) is 0 Å². The number of rotatable bonds is 7. The second-order valence-corrected chi connectivity index (χ2v) is 8.31. The number of urea groups is 1. The maximum atomic E-state index is 12.0. The third kappa shape index (κ3) is 4.78. The average Bonchev–Trinajstić information content (AvgIpc) is 3.47. The fraction of sp³-hybridized carbons (Fsp3) is 0.269. The largest absolute Gasteiger partial charge is 0.371 e. The molecule has 8 nitrogen and oxygen atoms in total. The van der Waals surface area contributed by atoms with E-state index in [4.69, 9.17) is 14.5 Å². The number of fused-ring (bicyclic) bond motifs is 1. The van der Waals surface area contributed by atoms with Crippen LogP contribution in [0.3, 0.4) is 0 Å². The average molecular weight is 458 g/mol. The Balaban J connectivity index is 1.23. The van der Waals surface area contributed by atoms with Gasteiger partial charge in [0.2, 0.25) is 5.95 Å². The molecular formula is C26H27N5O3. The van der Waals surface area contributed by atoms with E-state index in [1.165, 1.54) is 5.56 Å². The monoisotopic (exact) mass is 457 g/mol. The highest BCUT2D eigenvalue weighted by atomic mass is 16.6. The molecule has 0 saturated carbocycles. The highest BCUT2D eigenvalue weighted by molar-refractivity contribution is 5.74. The van der Waals surface area contributed by atoms with E-state index in [0.717, 1.165) is 16.8 Å². The molecule has 0 bridgehead atoms. The van der Waals surface area contributed by atoms with Crippen molar-refractivity contribution in [1.29, 1.82) is 0 Å². The number of ether oxygens (including phenoxy) is 2. The van der Waals surface area contributed by atoms with Gasteiger partial charge in [-0.15, -0.1) is 6.58 Å². The molecule has 5 rings (SSSR count). The lowest BCUT2D eigenvalue weighted by molar-refractivity contribution is 0.0682. The van der Waals surface area contributed by atoms with Gasteiger partial charge in [-0.1, -0.05) is 60.7 Å². The first-order valence-corrected chi connectivity index (χ1v) is 11.3. The fourth-order valence-electron chi connectivity index (χ4n) is 4.35. The number of nitrogens with zero attached hydrogens (tertiary/aromatic N) is 2. The van der Waals surface area contributed by atoms with Crippen molar-refractivity contribution in [2.75, 3.05) is 25.1 Å². The van der Waals surface area contributed by atoms with Gasteiger partial charge in [-0.05, 0) is 17.2 Å². The molecule has 0 radical (unpaired) electrons. The molecule has 0 unspecified atom stereocenters. The molecule has 2 aliphatic heterocycles. The molecule has 174 valence electrons. The number of hydrogen-bond acceptors (Lipinski definition) is 6. The van der Waals surface area contributed by atoms with Crippen molar-refractivity contribution in [3.8, 4) is 22.4 Å². The van der Waals surface area contributed by atoms with Crippen molar-refractivity contribution in [3.05, 3.63) is 79.5 Å². The van der Waals surface area contributed by atoms with Gasteiger partial charge in [0.1, 0.15) is 12.2 Å². The maximum absolute atomic E-state index is 12.0. The van der Waals surface area contributed by atoms with Gasteiger partial charge < -0.3 is 25.4 Å². The van der Waals surface area contributed by atoms with Crippen molar-refractivity contribution in [2.45, 2.75) is 24.3 Å². The van der Waals surface area contributed by atoms with Crippen molar-refractivity contribution < 1.29 is 14.3 Å². The quantitative estimate of drug-likeness (QED) is 0.472. The summed E-state index contributed by atoms with van der Waals surface area (Å²) in [6.07, 6.45) is 2.96. The van der Waals surface area contributed by atoms with E-state index in [9.17, 15) is 4.79 Å². The van der Waals surface area contributed by atoms with E-state index in [0.29, 0.717) is 25.7 Å². The Kier molecular flexibility index (Phi) is 6.51. The minimum absolute atomic E-state index is 0.108. The Morgan fingerprint density at radius 2 is 1.62 bits per heavy atom. The molecule has 0 aliphatic carbocycles. The third-order valence-corrected chi connectivity index (χ3v) is 6.03. The molecular weight excluding hydrogens is 430 g/mol. The summed E-state index contributed by atoms with van der Waals surface area (Å²) in [5.74, 6) is 0.516. The molecule has 2 amide bonds. The van der Waals surface area contributed by atoms with Gasteiger partial charge >= 0.3 is 6.03 Å². The molecule has 34 heavy (non-hydrogen) atoms. The number of aromatic nitrogens is 2.